The van der Waals surface area contributed by atoms with Crippen molar-refractivity contribution in [2.45, 2.75) is 0 Å². The van der Waals surface area contributed by atoms with Gasteiger partial charge in [-0.25, -0.2) is 4.98 Å². The van der Waals surface area contributed by atoms with Crippen LogP contribution in [0.4, 0.5) is 0 Å². The Morgan fingerprint density at radius 2 is 1.11 bits per heavy atom. The largest absolute Gasteiger partial charge is 0.309 e. The molecule has 10 rings (SSSR count). The fraction of sp³-hybridized carbons (Fsp3) is 0. The molecule has 214 valence electrons. The van der Waals surface area contributed by atoms with E-state index in [2.05, 4.69) is 167 Å². The maximum atomic E-state index is 5.14. The van der Waals surface area contributed by atoms with Crippen molar-refractivity contribution >= 4 is 54.4 Å². The third-order valence-corrected chi connectivity index (χ3v) is 9.49. The van der Waals surface area contributed by atoms with E-state index in [0.29, 0.717) is 0 Å². The molecule has 0 saturated carbocycles. The summed E-state index contributed by atoms with van der Waals surface area (Å²) in [6.07, 6.45) is 0. The van der Waals surface area contributed by atoms with Gasteiger partial charge in [0.05, 0.1) is 27.8 Å². The van der Waals surface area contributed by atoms with Crippen LogP contribution in [0.1, 0.15) is 0 Å². The molecule has 0 amide bonds. The lowest BCUT2D eigenvalue weighted by molar-refractivity contribution is 1.08. The molecule has 0 unspecified atom stereocenters. The minimum atomic E-state index is 0.918. The van der Waals surface area contributed by atoms with Crippen molar-refractivity contribution in [3.8, 4) is 33.9 Å². The third kappa shape index (κ3) is 3.57. The van der Waals surface area contributed by atoms with Crippen LogP contribution in [0.2, 0.25) is 0 Å². The number of para-hydroxylation sites is 2. The van der Waals surface area contributed by atoms with Gasteiger partial charge in [-0.3, -0.25) is 4.57 Å². The van der Waals surface area contributed by atoms with Crippen LogP contribution in [0.15, 0.2) is 164 Å². The Morgan fingerprint density at radius 3 is 2.00 bits per heavy atom. The van der Waals surface area contributed by atoms with Crippen LogP contribution in [0, 0.1) is 0 Å². The van der Waals surface area contributed by atoms with Crippen molar-refractivity contribution in [2.24, 2.45) is 0 Å². The van der Waals surface area contributed by atoms with E-state index in [0.717, 1.165) is 28.1 Å². The molecule has 0 spiro atoms. The van der Waals surface area contributed by atoms with Crippen molar-refractivity contribution in [1.82, 2.24) is 14.1 Å². The maximum Gasteiger partial charge on any atom is 0.138 e. The summed E-state index contributed by atoms with van der Waals surface area (Å²) in [5.74, 6) is 0.918. The predicted octanol–water partition coefficient (Wildman–Crippen LogP) is 11.2. The number of hydrogen-bond acceptors (Lipinski definition) is 1. The molecule has 0 fully saturated rings. The first-order valence-electron chi connectivity index (χ1n) is 15.7. The molecule has 0 aliphatic carbocycles. The molecule has 3 aromatic heterocycles. The second kappa shape index (κ2) is 9.65. The average molecular weight is 586 g/mol. The van der Waals surface area contributed by atoms with Gasteiger partial charge in [0, 0.05) is 32.8 Å². The van der Waals surface area contributed by atoms with Crippen LogP contribution >= 0.6 is 0 Å². The van der Waals surface area contributed by atoms with Crippen LogP contribution in [-0.4, -0.2) is 14.1 Å². The molecule has 10 aromatic rings. The minimum absolute atomic E-state index is 0.918. The first-order chi connectivity index (χ1) is 22.8. The Kier molecular flexibility index (Phi) is 5.28. The van der Waals surface area contributed by atoms with E-state index in [9.17, 15) is 0 Å². The van der Waals surface area contributed by atoms with Gasteiger partial charge in [0.2, 0.25) is 0 Å². The van der Waals surface area contributed by atoms with Gasteiger partial charge in [-0.15, -0.1) is 0 Å². The Balaban J connectivity index is 1.20. The molecule has 0 aliphatic heterocycles. The van der Waals surface area contributed by atoms with E-state index in [1.807, 2.05) is 6.07 Å². The number of benzene rings is 7. The number of nitrogens with zero attached hydrogens (tertiary/aromatic N) is 3. The molecule has 0 bridgehead atoms. The van der Waals surface area contributed by atoms with E-state index in [1.165, 1.54) is 60.2 Å². The van der Waals surface area contributed by atoms with Gasteiger partial charge in [0.1, 0.15) is 5.82 Å². The van der Waals surface area contributed by atoms with Gasteiger partial charge < -0.3 is 4.57 Å². The highest BCUT2D eigenvalue weighted by atomic mass is 15.1. The predicted molar refractivity (Wildman–Crippen MR) is 192 cm³/mol. The van der Waals surface area contributed by atoms with E-state index in [-0.39, 0.29) is 0 Å². The maximum absolute atomic E-state index is 5.14. The molecule has 3 heterocycles. The lowest BCUT2D eigenvalue weighted by Crippen LogP contribution is -1.98. The molecule has 3 nitrogen and oxygen atoms in total. The van der Waals surface area contributed by atoms with E-state index in [1.54, 1.807) is 0 Å². The second-order valence-electron chi connectivity index (χ2n) is 12.0. The van der Waals surface area contributed by atoms with Crippen LogP contribution < -0.4 is 0 Å². The molecule has 0 radical (unpaired) electrons. The summed E-state index contributed by atoms with van der Waals surface area (Å²) in [5.41, 5.74) is 10.5. The first-order valence-corrected chi connectivity index (χ1v) is 15.7. The summed E-state index contributed by atoms with van der Waals surface area (Å²) in [5, 5.41) is 7.63. The van der Waals surface area contributed by atoms with Crippen molar-refractivity contribution in [1.29, 1.82) is 0 Å². The van der Waals surface area contributed by atoms with Gasteiger partial charge in [-0.05, 0) is 76.5 Å². The van der Waals surface area contributed by atoms with E-state index < -0.39 is 0 Å². The Bertz CT molecular complexity index is 2730. The molecule has 7 aromatic carbocycles. The topological polar surface area (TPSA) is 22.8 Å². The molecular formula is C43H27N3. The average Bonchev–Trinajstić information content (AvgIpc) is 3.65. The quantitative estimate of drug-likeness (QED) is 0.188. The van der Waals surface area contributed by atoms with Gasteiger partial charge in [-0.2, -0.15) is 0 Å². The van der Waals surface area contributed by atoms with Crippen molar-refractivity contribution < 1.29 is 0 Å². The number of pyridine rings is 1. The number of hydrogen-bond donors (Lipinski definition) is 0. The van der Waals surface area contributed by atoms with E-state index >= 15 is 0 Å². The minimum Gasteiger partial charge on any atom is -0.309 e. The monoisotopic (exact) mass is 585 g/mol. The summed E-state index contributed by atoms with van der Waals surface area (Å²) in [6.45, 7) is 0. The highest BCUT2D eigenvalue weighted by Crippen LogP contribution is 2.43. The number of rotatable bonds is 4. The third-order valence-electron chi connectivity index (χ3n) is 9.49. The normalized spacial score (nSPS) is 11.9. The van der Waals surface area contributed by atoms with Crippen LogP contribution in [0.5, 0.6) is 0 Å². The van der Waals surface area contributed by atoms with Crippen molar-refractivity contribution in [3.05, 3.63) is 164 Å². The standard InChI is InChI=1S/C43H27N3/c1-3-11-28(12-4-1)36-17-10-20-41(44-36)46-37-18-8-7-16-33(37)35-27-30(22-25-38(35)46)32-24-26-40-43-34(32)23-21-29-13-9-19-39(42(29)43)45(40)31-14-5-2-6-15-31/h1-27H. The summed E-state index contributed by atoms with van der Waals surface area (Å²) >= 11 is 0. The van der Waals surface area contributed by atoms with Crippen molar-refractivity contribution in [3.63, 3.8) is 0 Å². The summed E-state index contributed by atoms with van der Waals surface area (Å²) in [4.78, 5) is 5.14. The summed E-state index contributed by atoms with van der Waals surface area (Å²) in [7, 11) is 0. The van der Waals surface area contributed by atoms with Crippen molar-refractivity contribution in [2.75, 3.05) is 0 Å². The number of fused-ring (bicyclic) bond motifs is 3. The molecule has 46 heavy (non-hydrogen) atoms. The highest BCUT2D eigenvalue weighted by Gasteiger charge is 2.20. The lowest BCUT2D eigenvalue weighted by atomic mass is 9.94. The first kappa shape index (κ1) is 25.2. The molecule has 0 saturated heterocycles. The smallest absolute Gasteiger partial charge is 0.138 e. The van der Waals surface area contributed by atoms with Gasteiger partial charge >= 0.3 is 0 Å². The fourth-order valence-corrected chi connectivity index (χ4v) is 7.50. The summed E-state index contributed by atoms with van der Waals surface area (Å²) in [6, 6.07) is 58.8. The fourth-order valence-electron chi connectivity index (χ4n) is 7.50. The second-order valence-corrected chi connectivity index (χ2v) is 12.0. The van der Waals surface area contributed by atoms with E-state index in [4.69, 9.17) is 4.98 Å². The zero-order chi connectivity index (χ0) is 30.2. The molecule has 0 N–H and O–H groups in total. The van der Waals surface area contributed by atoms with Crippen LogP contribution in [0.25, 0.3) is 88.3 Å². The highest BCUT2D eigenvalue weighted by molar-refractivity contribution is 6.26. The van der Waals surface area contributed by atoms with Crippen LogP contribution in [-0.2, 0) is 0 Å². The Morgan fingerprint density at radius 1 is 0.391 bits per heavy atom. The Hall–Kier alpha value is -6.19. The SMILES string of the molecule is c1ccc(-c2cccc(-n3c4ccccc4c4cc(-c5ccc6c7c5ccc5cccc(c57)n6-c5ccccc5)ccc43)n2)cc1. The zero-order valence-electron chi connectivity index (χ0n) is 24.9. The Labute approximate surface area is 265 Å². The van der Waals surface area contributed by atoms with Gasteiger partial charge in [0.25, 0.3) is 0 Å². The molecule has 0 atom stereocenters. The summed E-state index contributed by atoms with van der Waals surface area (Å²) < 4.78 is 4.70. The molecule has 3 heteroatoms. The molecular weight excluding hydrogens is 558 g/mol. The lowest BCUT2D eigenvalue weighted by Gasteiger charge is -2.11. The van der Waals surface area contributed by atoms with Crippen LogP contribution in [0.3, 0.4) is 0 Å². The molecule has 0 aliphatic rings. The van der Waals surface area contributed by atoms with Gasteiger partial charge in [0.15, 0.2) is 0 Å². The van der Waals surface area contributed by atoms with Gasteiger partial charge in [-0.1, -0.05) is 109 Å². The zero-order valence-corrected chi connectivity index (χ0v) is 24.9. The number of aromatic nitrogens is 3.